The van der Waals surface area contributed by atoms with E-state index in [4.69, 9.17) is 0 Å². The monoisotopic (exact) mass is 638 g/mol. The molecular formula is C40H38N4O4. The van der Waals surface area contributed by atoms with Crippen molar-refractivity contribution in [1.29, 1.82) is 0 Å². The molecule has 4 fully saturated rings. The van der Waals surface area contributed by atoms with E-state index in [0.717, 1.165) is 44.5 Å². The number of anilines is 2. The maximum absolute atomic E-state index is 14.7. The van der Waals surface area contributed by atoms with Crippen molar-refractivity contribution in [2.45, 2.75) is 65.7 Å². The van der Waals surface area contributed by atoms with Gasteiger partial charge in [-0.1, -0.05) is 71.8 Å². The van der Waals surface area contributed by atoms with Gasteiger partial charge < -0.3 is 0 Å². The number of imide groups is 2. The van der Waals surface area contributed by atoms with Gasteiger partial charge in [0, 0.05) is 0 Å². The molecule has 0 bridgehead atoms. The Balaban J connectivity index is 1.34. The number of fused-ring (bicyclic) bond motifs is 5. The first-order valence-electron chi connectivity index (χ1n) is 16.6. The van der Waals surface area contributed by atoms with Gasteiger partial charge in [-0.05, 0) is 99.2 Å². The SMILES string of the molecule is Cc1ccc(C2C3C(=O)N(c4cc(C)cc(C)c4)C(=O)C3N3C(c4ccc(C)cc4)C4C(=O)N(c5cc(C)cc(C)c5)C(=O)C4N23)cc1. The highest BCUT2D eigenvalue weighted by Crippen LogP contribution is 2.59. The van der Waals surface area contributed by atoms with Crippen LogP contribution in [0.1, 0.15) is 56.6 Å². The topological polar surface area (TPSA) is 81.2 Å². The Morgan fingerprint density at radius 1 is 0.375 bits per heavy atom. The van der Waals surface area contributed by atoms with E-state index in [1.54, 1.807) is 0 Å². The summed E-state index contributed by atoms with van der Waals surface area (Å²) in [5.41, 5.74) is 8.68. The number of nitrogens with zero attached hydrogens (tertiary/aromatic N) is 4. The standard InChI is InChI=1S/C40H38N4O4/c1-21-7-11-27(12-8-21)33-31-35(39(47)41(37(31)45)29-17-23(3)15-24(4)18-29)44-34(28-13-9-22(2)10-14-28)32-36(43(33)44)40(48)42(38(32)46)30-19-25(5)16-26(6)20-30/h7-20,31-36H,1-6H3. The molecule has 8 nitrogen and oxygen atoms in total. The molecule has 6 unspecified atom stereocenters. The third-order valence-corrected chi connectivity index (χ3v) is 10.5. The summed E-state index contributed by atoms with van der Waals surface area (Å²) >= 11 is 0. The molecule has 242 valence electrons. The molecular weight excluding hydrogens is 600 g/mol. The lowest BCUT2D eigenvalue weighted by molar-refractivity contribution is -0.136. The van der Waals surface area contributed by atoms with Gasteiger partial charge in [-0.15, -0.1) is 0 Å². The van der Waals surface area contributed by atoms with Crippen LogP contribution >= 0.6 is 0 Å². The van der Waals surface area contributed by atoms with Crippen LogP contribution in [0, 0.1) is 53.4 Å². The molecule has 4 amide bonds. The van der Waals surface area contributed by atoms with E-state index in [9.17, 15) is 19.2 Å². The number of aryl methyl sites for hydroxylation is 6. The largest absolute Gasteiger partial charge is 0.274 e. The molecule has 0 aromatic heterocycles. The Morgan fingerprint density at radius 3 is 1.00 bits per heavy atom. The molecule has 0 saturated carbocycles. The molecule has 0 aliphatic carbocycles. The van der Waals surface area contributed by atoms with Crippen LogP contribution in [0.15, 0.2) is 84.9 Å². The lowest BCUT2D eigenvalue weighted by Crippen LogP contribution is -2.50. The van der Waals surface area contributed by atoms with Crippen LogP contribution < -0.4 is 9.80 Å². The van der Waals surface area contributed by atoms with Crippen LogP contribution in [-0.2, 0) is 19.2 Å². The van der Waals surface area contributed by atoms with E-state index in [1.165, 1.54) is 9.80 Å². The van der Waals surface area contributed by atoms with Gasteiger partial charge in [0.05, 0.1) is 35.3 Å². The van der Waals surface area contributed by atoms with Crippen molar-refractivity contribution in [1.82, 2.24) is 10.0 Å². The smallest absolute Gasteiger partial charge is 0.253 e. The molecule has 4 aliphatic rings. The second-order valence-corrected chi connectivity index (χ2v) is 14.1. The molecule has 48 heavy (non-hydrogen) atoms. The molecule has 0 N–H and O–H groups in total. The minimum absolute atomic E-state index is 0.294. The normalized spacial score (nSPS) is 26.9. The van der Waals surface area contributed by atoms with Gasteiger partial charge in [0.15, 0.2) is 0 Å². The third kappa shape index (κ3) is 4.36. The van der Waals surface area contributed by atoms with Crippen molar-refractivity contribution in [3.8, 4) is 0 Å². The number of rotatable bonds is 4. The average Bonchev–Trinajstić information content (AvgIpc) is 3.68. The number of hydrogen-bond acceptors (Lipinski definition) is 6. The van der Waals surface area contributed by atoms with E-state index in [1.807, 2.05) is 136 Å². The summed E-state index contributed by atoms with van der Waals surface area (Å²) in [6.07, 6.45) is 0. The van der Waals surface area contributed by atoms with Crippen molar-refractivity contribution in [3.63, 3.8) is 0 Å². The summed E-state index contributed by atoms with van der Waals surface area (Å²) in [4.78, 5) is 61.5. The summed E-state index contributed by atoms with van der Waals surface area (Å²) in [6.45, 7) is 11.8. The second kappa shape index (κ2) is 10.8. The maximum atomic E-state index is 14.7. The van der Waals surface area contributed by atoms with E-state index < -0.39 is 36.0 Å². The quantitative estimate of drug-likeness (QED) is 0.256. The first-order valence-corrected chi connectivity index (χ1v) is 16.6. The average molecular weight is 639 g/mol. The molecule has 4 saturated heterocycles. The Kier molecular flexibility index (Phi) is 6.84. The number of benzene rings is 4. The number of amides is 4. The molecule has 8 heteroatoms. The van der Waals surface area contributed by atoms with Crippen molar-refractivity contribution in [2.24, 2.45) is 11.8 Å². The molecule has 4 heterocycles. The van der Waals surface area contributed by atoms with Crippen molar-refractivity contribution >= 4 is 35.0 Å². The van der Waals surface area contributed by atoms with Gasteiger partial charge in [-0.25, -0.2) is 19.8 Å². The lowest BCUT2D eigenvalue weighted by atomic mass is 9.84. The molecule has 8 rings (SSSR count). The van der Waals surface area contributed by atoms with Crippen molar-refractivity contribution in [2.75, 3.05) is 9.80 Å². The molecule has 0 spiro atoms. The second-order valence-electron chi connectivity index (χ2n) is 14.1. The summed E-state index contributed by atoms with van der Waals surface area (Å²) in [5, 5.41) is 3.87. The minimum atomic E-state index is -0.892. The molecule has 6 atom stereocenters. The van der Waals surface area contributed by atoms with Gasteiger partial charge in [-0.2, -0.15) is 0 Å². The summed E-state index contributed by atoms with van der Waals surface area (Å²) in [5.74, 6) is -2.83. The van der Waals surface area contributed by atoms with Gasteiger partial charge in [-0.3, -0.25) is 19.2 Å². The highest BCUT2D eigenvalue weighted by molar-refractivity contribution is 6.26. The summed E-state index contributed by atoms with van der Waals surface area (Å²) in [7, 11) is 0. The zero-order valence-corrected chi connectivity index (χ0v) is 28.0. The van der Waals surface area contributed by atoms with Crippen molar-refractivity contribution in [3.05, 3.63) is 129 Å². The first-order chi connectivity index (χ1) is 22.9. The molecule has 4 aliphatic heterocycles. The van der Waals surface area contributed by atoms with E-state index in [2.05, 4.69) is 0 Å². The molecule has 0 radical (unpaired) electrons. The highest BCUT2D eigenvalue weighted by atomic mass is 16.2. The van der Waals surface area contributed by atoms with Gasteiger partial charge in [0.25, 0.3) is 11.8 Å². The Labute approximate surface area is 280 Å². The maximum Gasteiger partial charge on any atom is 0.253 e. The molecule has 4 aromatic carbocycles. The number of hydrogen-bond donors (Lipinski definition) is 0. The highest BCUT2D eigenvalue weighted by Gasteiger charge is 2.73. The van der Waals surface area contributed by atoms with Gasteiger partial charge >= 0.3 is 0 Å². The predicted molar refractivity (Wildman–Crippen MR) is 183 cm³/mol. The predicted octanol–water partition coefficient (Wildman–Crippen LogP) is 5.98. The Bertz CT molecular complexity index is 1850. The summed E-state index contributed by atoms with van der Waals surface area (Å²) < 4.78 is 0. The number of carbonyl (C=O) groups is 4. The van der Waals surface area contributed by atoms with Crippen LogP contribution in [0.3, 0.4) is 0 Å². The van der Waals surface area contributed by atoms with E-state index >= 15 is 0 Å². The van der Waals surface area contributed by atoms with Crippen LogP contribution in [0.2, 0.25) is 0 Å². The van der Waals surface area contributed by atoms with Crippen LogP contribution in [0.4, 0.5) is 11.4 Å². The number of carbonyl (C=O) groups excluding carboxylic acids is 4. The zero-order valence-electron chi connectivity index (χ0n) is 28.0. The Hall–Kier alpha value is -4.92. The minimum Gasteiger partial charge on any atom is -0.274 e. The van der Waals surface area contributed by atoms with Gasteiger partial charge in [0.1, 0.15) is 12.1 Å². The lowest BCUT2D eigenvalue weighted by Gasteiger charge is -2.36. The summed E-state index contributed by atoms with van der Waals surface area (Å²) in [6, 6.07) is 24.3. The molecule has 4 aromatic rings. The Morgan fingerprint density at radius 2 is 0.688 bits per heavy atom. The van der Waals surface area contributed by atoms with Crippen LogP contribution in [-0.4, -0.2) is 45.7 Å². The fourth-order valence-corrected chi connectivity index (χ4v) is 8.69. The van der Waals surface area contributed by atoms with E-state index in [-0.39, 0.29) is 23.6 Å². The fourth-order valence-electron chi connectivity index (χ4n) is 8.69. The number of hydrazine groups is 1. The van der Waals surface area contributed by atoms with Gasteiger partial charge in [0.2, 0.25) is 11.8 Å². The third-order valence-electron chi connectivity index (χ3n) is 10.5. The van der Waals surface area contributed by atoms with Crippen LogP contribution in [0.5, 0.6) is 0 Å². The van der Waals surface area contributed by atoms with E-state index in [0.29, 0.717) is 11.4 Å². The van der Waals surface area contributed by atoms with Crippen LogP contribution in [0.25, 0.3) is 0 Å². The van der Waals surface area contributed by atoms with Crippen molar-refractivity contribution < 1.29 is 19.2 Å². The zero-order chi connectivity index (χ0) is 33.8. The fraction of sp³-hybridized carbons (Fsp3) is 0.300. The first kappa shape index (κ1) is 30.4.